The van der Waals surface area contributed by atoms with Gasteiger partial charge >= 0.3 is 0 Å². The van der Waals surface area contributed by atoms with Gasteiger partial charge in [0.1, 0.15) is 5.82 Å². The third-order valence-corrected chi connectivity index (χ3v) is 3.59. The summed E-state index contributed by atoms with van der Waals surface area (Å²) in [5.74, 6) is 0.988. The molecule has 0 saturated heterocycles. The molecule has 1 atom stereocenters. The van der Waals surface area contributed by atoms with E-state index in [1.807, 2.05) is 24.3 Å². The number of aryl methyl sites for hydroxylation is 1. The largest absolute Gasteiger partial charge is 0.273 e. The van der Waals surface area contributed by atoms with Gasteiger partial charge in [0.25, 0.3) is 0 Å². The van der Waals surface area contributed by atoms with E-state index in [1.165, 1.54) is 0 Å². The van der Waals surface area contributed by atoms with Crippen LogP contribution in [-0.4, -0.2) is 20.3 Å². The maximum absolute atomic E-state index is 12.0. The van der Waals surface area contributed by atoms with Gasteiger partial charge in [-0.3, -0.25) is 9.36 Å². The van der Waals surface area contributed by atoms with E-state index in [9.17, 15) is 4.79 Å². The van der Waals surface area contributed by atoms with Crippen LogP contribution in [0.25, 0.3) is 11.0 Å². The van der Waals surface area contributed by atoms with E-state index < -0.39 is 0 Å². The summed E-state index contributed by atoms with van der Waals surface area (Å²) in [6.45, 7) is 0. The standard InChI is InChI=1S/C11H9BrN2O.BrH/c12-7-5-6-10-13-8-3-1-2-4-9(8)14(10)11(7)15;/h1-4,7H,5-6H2;1H. The molecule has 0 bridgehead atoms. The molecule has 0 radical (unpaired) electrons. The second-order valence-electron chi connectivity index (χ2n) is 3.70. The van der Waals surface area contributed by atoms with Crippen LogP contribution in [0.2, 0.25) is 0 Å². The van der Waals surface area contributed by atoms with E-state index in [1.54, 1.807) is 4.57 Å². The van der Waals surface area contributed by atoms with E-state index >= 15 is 0 Å². The van der Waals surface area contributed by atoms with Crippen molar-refractivity contribution in [3.63, 3.8) is 0 Å². The molecule has 1 aromatic heterocycles. The Hall–Kier alpha value is -0.680. The van der Waals surface area contributed by atoms with Gasteiger partial charge in [-0.25, -0.2) is 4.98 Å². The summed E-state index contributed by atoms with van der Waals surface area (Å²) in [5.41, 5.74) is 1.82. The summed E-state index contributed by atoms with van der Waals surface area (Å²) in [7, 11) is 0. The van der Waals surface area contributed by atoms with E-state index in [-0.39, 0.29) is 27.7 Å². The van der Waals surface area contributed by atoms with Crippen LogP contribution in [0.5, 0.6) is 0 Å². The molecule has 0 amide bonds. The lowest BCUT2D eigenvalue weighted by Gasteiger charge is -2.17. The summed E-state index contributed by atoms with van der Waals surface area (Å²) < 4.78 is 1.73. The van der Waals surface area contributed by atoms with Crippen LogP contribution >= 0.6 is 32.9 Å². The van der Waals surface area contributed by atoms with Gasteiger partial charge in [0.15, 0.2) is 0 Å². The van der Waals surface area contributed by atoms with Crippen molar-refractivity contribution in [1.29, 1.82) is 0 Å². The topological polar surface area (TPSA) is 34.9 Å². The fourth-order valence-corrected chi connectivity index (χ4v) is 2.44. The number of fused-ring (bicyclic) bond motifs is 3. The summed E-state index contributed by atoms with van der Waals surface area (Å²) in [6.07, 6.45) is 1.69. The SMILES string of the molecule is Br.O=C1C(Br)CCc2nc3ccccc3n21. The third-order valence-electron chi connectivity index (χ3n) is 2.74. The zero-order valence-electron chi connectivity index (χ0n) is 8.39. The van der Waals surface area contributed by atoms with Crippen LogP contribution in [0, 0.1) is 0 Å². The summed E-state index contributed by atoms with van der Waals surface area (Å²) >= 11 is 3.40. The monoisotopic (exact) mass is 344 g/mol. The van der Waals surface area contributed by atoms with E-state index in [2.05, 4.69) is 20.9 Å². The number of nitrogens with zero attached hydrogens (tertiary/aromatic N) is 2. The number of alkyl halides is 1. The Morgan fingerprint density at radius 1 is 1.38 bits per heavy atom. The van der Waals surface area contributed by atoms with Crippen molar-refractivity contribution in [2.24, 2.45) is 0 Å². The second kappa shape index (κ2) is 4.30. The van der Waals surface area contributed by atoms with Crippen molar-refractivity contribution >= 4 is 49.9 Å². The Bertz CT molecular complexity index is 550. The maximum atomic E-state index is 12.0. The minimum absolute atomic E-state index is 0. The molecular formula is C11H10Br2N2O. The Kier molecular flexibility index (Phi) is 3.17. The highest BCUT2D eigenvalue weighted by Gasteiger charge is 2.27. The van der Waals surface area contributed by atoms with Gasteiger partial charge in [0, 0.05) is 6.42 Å². The number of para-hydroxylation sites is 2. The molecule has 0 saturated carbocycles. The average Bonchev–Trinajstić information content (AvgIpc) is 2.62. The van der Waals surface area contributed by atoms with Crippen molar-refractivity contribution in [2.45, 2.75) is 17.7 Å². The number of hydrogen-bond donors (Lipinski definition) is 0. The number of carbonyl (C=O) groups excluding carboxylic acids is 1. The van der Waals surface area contributed by atoms with Gasteiger partial charge in [-0.15, -0.1) is 17.0 Å². The van der Waals surface area contributed by atoms with Crippen LogP contribution in [0.3, 0.4) is 0 Å². The normalized spacial score (nSPS) is 19.3. The third kappa shape index (κ3) is 1.62. The molecule has 0 fully saturated rings. The highest BCUT2D eigenvalue weighted by atomic mass is 79.9. The van der Waals surface area contributed by atoms with Crippen LogP contribution < -0.4 is 0 Å². The Balaban J connectivity index is 0.000000963. The predicted molar refractivity (Wildman–Crippen MR) is 71.7 cm³/mol. The minimum atomic E-state index is -0.0670. The average molecular weight is 346 g/mol. The van der Waals surface area contributed by atoms with Crippen molar-refractivity contribution in [3.8, 4) is 0 Å². The fraction of sp³-hybridized carbons (Fsp3) is 0.273. The van der Waals surface area contributed by atoms with Crippen molar-refractivity contribution in [1.82, 2.24) is 9.55 Å². The van der Waals surface area contributed by atoms with Crippen LogP contribution in [0.1, 0.15) is 17.0 Å². The van der Waals surface area contributed by atoms with Gasteiger partial charge in [-0.05, 0) is 18.6 Å². The summed E-state index contributed by atoms with van der Waals surface area (Å²) in [4.78, 5) is 16.4. The molecular weight excluding hydrogens is 336 g/mol. The minimum Gasteiger partial charge on any atom is -0.273 e. The zero-order chi connectivity index (χ0) is 10.4. The molecule has 5 heteroatoms. The van der Waals surface area contributed by atoms with Crippen molar-refractivity contribution in [2.75, 3.05) is 0 Å². The van der Waals surface area contributed by atoms with Gasteiger partial charge in [-0.1, -0.05) is 28.1 Å². The molecule has 3 nitrogen and oxygen atoms in total. The van der Waals surface area contributed by atoms with Crippen LogP contribution in [0.4, 0.5) is 0 Å². The lowest BCUT2D eigenvalue weighted by Crippen LogP contribution is -2.29. The molecule has 16 heavy (non-hydrogen) atoms. The Morgan fingerprint density at radius 2 is 2.12 bits per heavy atom. The molecule has 1 unspecified atom stereocenters. The smallest absolute Gasteiger partial charge is 0.246 e. The van der Waals surface area contributed by atoms with E-state index in [0.717, 1.165) is 29.7 Å². The van der Waals surface area contributed by atoms with Gasteiger partial charge in [-0.2, -0.15) is 0 Å². The molecule has 1 aromatic carbocycles. The quantitative estimate of drug-likeness (QED) is 0.688. The highest BCUT2D eigenvalue weighted by molar-refractivity contribution is 9.10. The number of aromatic nitrogens is 2. The molecule has 84 valence electrons. The molecule has 1 aliphatic heterocycles. The number of benzene rings is 1. The lowest BCUT2D eigenvalue weighted by atomic mass is 10.1. The number of imidazole rings is 1. The highest BCUT2D eigenvalue weighted by Crippen LogP contribution is 2.25. The number of hydrogen-bond acceptors (Lipinski definition) is 2. The van der Waals surface area contributed by atoms with Crippen molar-refractivity contribution < 1.29 is 4.79 Å². The van der Waals surface area contributed by atoms with E-state index in [4.69, 9.17) is 0 Å². The van der Waals surface area contributed by atoms with Gasteiger partial charge in [0.2, 0.25) is 5.91 Å². The first-order valence-electron chi connectivity index (χ1n) is 4.92. The number of halogens is 2. The molecule has 2 heterocycles. The van der Waals surface area contributed by atoms with Gasteiger partial charge in [0.05, 0.1) is 15.9 Å². The van der Waals surface area contributed by atoms with E-state index in [0.29, 0.717) is 0 Å². The molecule has 1 aliphatic rings. The van der Waals surface area contributed by atoms with Crippen LogP contribution in [0.15, 0.2) is 24.3 Å². The molecule has 3 rings (SSSR count). The fourth-order valence-electron chi connectivity index (χ4n) is 2.01. The first-order valence-corrected chi connectivity index (χ1v) is 5.83. The number of carbonyl (C=O) groups is 1. The van der Waals surface area contributed by atoms with Gasteiger partial charge < -0.3 is 0 Å². The maximum Gasteiger partial charge on any atom is 0.246 e. The lowest BCUT2D eigenvalue weighted by molar-refractivity contribution is 0.0898. The zero-order valence-corrected chi connectivity index (χ0v) is 11.7. The summed E-state index contributed by atoms with van der Waals surface area (Å²) in [6, 6.07) is 7.76. The predicted octanol–water partition coefficient (Wildman–Crippen LogP) is 2.96. The molecule has 0 aliphatic carbocycles. The van der Waals surface area contributed by atoms with Crippen molar-refractivity contribution in [3.05, 3.63) is 30.1 Å². The Morgan fingerprint density at radius 3 is 2.94 bits per heavy atom. The van der Waals surface area contributed by atoms with Crippen LogP contribution in [-0.2, 0) is 6.42 Å². The summed E-state index contributed by atoms with van der Waals surface area (Å²) in [5, 5.41) is 0. The number of rotatable bonds is 0. The Labute approximate surface area is 112 Å². The second-order valence-corrected chi connectivity index (χ2v) is 4.80. The molecule has 2 aromatic rings. The first kappa shape index (κ1) is 11.8. The first-order chi connectivity index (χ1) is 7.27. The molecule has 0 spiro atoms. The molecule has 0 N–H and O–H groups in total.